The van der Waals surface area contributed by atoms with Crippen LogP contribution in [0, 0.1) is 13.8 Å². The second-order valence-electron chi connectivity index (χ2n) is 4.39. The van der Waals surface area contributed by atoms with Gasteiger partial charge in [0.1, 0.15) is 0 Å². The first-order valence-electron chi connectivity index (χ1n) is 6.21. The fourth-order valence-electron chi connectivity index (χ4n) is 1.74. The molecule has 102 valence electrons. The van der Waals surface area contributed by atoms with E-state index < -0.39 is 10.0 Å². The molecule has 0 fully saturated rings. The summed E-state index contributed by atoms with van der Waals surface area (Å²) in [5, 5.41) is 0. The molecular weight excluding hydrogens is 248 g/mol. The van der Waals surface area contributed by atoms with Crippen molar-refractivity contribution in [2.24, 2.45) is 5.73 Å². The van der Waals surface area contributed by atoms with E-state index in [0.29, 0.717) is 31.0 Å². The minimum Gasteiger partial charge on any atom is -0.330 e. The highest BCUT2D eigenvalue weighted by Gasteiger charge is 2.22. The number of nitrogens with zero attached hydrogens (tertiary/aromatic N) is 1. The average molecular weight is 270 g/mol. The molecule has 0 bridgehead atoms. The van der Waals surface area contributed by atoms with Crippen molar-refractivity contribution in [3.8, 4) is 0 Å². The first-order valence-corrected chi connectivity index (χ1v) is 7.65. The Labute approximate surface area is 110 Å². The fourth-order valence-corrected chi connectivity index (χ4v) is 3.31. The van der Waals surface area contributed by atoms with Gasteiger partial charge >= 0.3 is 0 Å². The van der Waals surface area contributed by atoms with Gasteiger partial charge in [0.25, 0.3) is 0 Å². The Bertz CT molecular complexity index is 498. The van der Waals surface area contributed by atoms with Gasteiger partial charge in [0.2, 0.25) is 10.0 Å². The molecule has 0 aromatic heterocycles. The standard InChI is InChI=1S/C13H22N2O2S/c1-4-15(9-5-8-14)18(16,17)13-7-6-11(2)12(3)10-13/h6-7,10H,4-5,8-9,14H2,1-3H3. The highest BCUT2D eigenvalue weighted by Crippen LogP contribution is 2.19. The van der Waals surface area contributed by atoms with Gasteiger partial charge in [-0.2, -0.15) is 4.31 Å². The predicted molar refractivity (Wildman–Crippen MR) is 74.0 cm³/mol. The normalized spacial score (nSPS) is 12.1. The third-order valence-electron chi connectivity index (χ3n) is 3.08. The zero-order valence-electron chi connectivity index (χ0n) is 11.3. The van der Waals surface area contributed by atoms with Crippen LogP contribution < -0.4 is 5.73 Å². The van der Waals surface area contributed by atoms with Crippen LogP contribution in [-0.4, -0.2) is 32.4 Å². The van der Waals surface area contributed by atoms with E-state index in [9.17, 15) is 8.42 Å². The zero-order chi connectivity index (χ0) is 13.8. The fraction of sp³-hybridized carbons (Fsp3) is 0.538. The zero-order valence-corrected chi connectivity index (χ0v) is 12.1. The maximum absolute atomic E-state index is 12.4. The van der Waals surface area contributed by atoms with Crippen molar-refractivity contribution < 1.29 is 8.42 Å². The van der Waals surface area contributed by atoms with E-state index in [4.69, 9.17) is 5.73 Å². The highest BCUT2D eigenvalue weighted by atomic mass is 32.2. The van der Waals surface area contributed by atoms with Gasteiger partial charge in [-0.05, 0) is 50.1 Å². The largest absolute Gasteiger partial charge is 0.330 e. The summed E-state index contributed by atoms with van der Waals surface area (Å²) in [4.78, 5) is 0.365. The smallest absolute Gasteiger partial charge is 0.243 e. The summed E-state index contributed by atoms with van der Waals surface area (Å²) < 4.78 is 26.3. The van der Waals surface area contributed by atoms with Crippen LogP contribution in [0.3, 0.4) is 0 Å². The third kappa shape index (κ3) is 3.31. The van der Waals surface area contributed by atoms with Crippen LogP contribution in [0.4, 0.5) is 0 Å². The molecule has 0 amide bonds. The van der Waals surface area contributed by atoms with Crippen molar-refractivity contribution in [2.75, 3.05) is 19.6 Å². The first kappa shape index (κ1) is 15.1. The van der Waals surface area contributed by atoms with Crippen LogP contribution >= 0.6 is 0 Å². The molecule has 0 saturated carbocycles. The summed E-state index contributed by atoms with van der Waals surface area (Å²) in [6.07, 6.45) is 0.678. The molecule has 2 N–H and O–H groups in total. The lowest BCUT2D eigenvalue weighted by Crippen LogP contribution is -2.32. The van der Waals surface area contributed by atoms with Crippen LogP contribution in [-0.2, 0) is 10.0 Å². The summed E-state index contributed by atoms with van der Waals surface area (Å²) in [6, 6.07) is 5.25. The number of nitrogens with two attached hydrogens (primary N) is 1. The molecule has 4 nitrogen and oxygen atoms in total. The van der Waals surface area contributed by atoms with E-state index in [1.165, 1.54) is 4.31 Å². The molecular formula is C13H22N2O2S. The molecule has 0 heterocycles. The Hall–Kier alpha value is -0.910. The lowest BCUT2D eigenvalue weighted by Gasteiger charge is -2.20. The molecule has 1 aromatic carbocycles. The lowest BCUT2D eigenvalue weighted by atomic mass is 10.1. The molecule has 1 rings (SSSR count). The van der Waals surface area contributed by atoms with E-state index >= 15 is 0 Å². The summed E-state index contributed by atoms with van der Waals surface area (Å²) in [5.74, 6) is 0. The van der Waals surface area contributed by atoms with Crippen molar-refractivity contribution in [1.82, 2.24) is 4.31 Å². The summed E-state index contributed by atoms with van der Waals surface area (Å²) in [6.45, 7) is 7.17. The van der Waals surface area contributed by atoms with E-state index in [0.717, 1.165) is 11.1 Å². The second kappa shape index (κ2) is 6.31. The van der Waals surface area contributed by atoms with Gasteiger partial charge in [-0.15, -0.1) is 0 Å². The summed E-state index contributed by atoms with van der Waals surface area (Å²) >= 11 is 0. The van der Waals surface area contributed by atoms with Gasteiger partial charge in [-0.1, -0.05) is 13.0 Å². The van der Waals surface area contributed by atoms with Gasteiger partial charge in [-0.25, -0.2) is 8.42 Å². The molecule has 0 radical (unpaired) electrons. The van der Waals surface area contributed by atoms with Gasteiger partial charge in [0.05, 0.1) is 4.90 Å². The SMILES string of the molecule is CCN(CCCN)S(=O)(=O)c1ccc(C)c(C)c1. The van der Waals surface area contributed by atoms with Gasteiger partial charge in [-0.3, -0.25) is 0 Å². The second-order valence-corrected chi connectivity index (χ2v) is 6.32. The van der Waals surface area contributed by atoms with Crippen LogP contribution in [0.5, 0.6) is 0 Å². The number of hydrogen-bond donors (Lipinski definition) is 1. The number of sulfonamides is 1. The molecule has 0 atom stereocenters. The molecule has 0 saturated heterocycles. The van der Waals surface area contributed by atoms with E-state index in [1.54, 1.807) is 12.1 Å². The molecule has 18 heavy (non-hydrogen) atoms. The Morgan fingerprint density at radius 3 is 2.39 bits per heavy atom. The van der Waals surface area contributed by atoms with Crippen molar-refractivity contribution in [3.63, 3.8) is 0 Å². The molecule has 0 aliphatic carbocycles. The van der Waals surface area contributed by atoms with E-state index in [1.807, 2.05) is 26.8 Å². The Morgan fingerprint density at radius 2 is 1.89 bits per heavy atom. The molecule has 0 spiro atoms. The third-order valence-corrected chi connectivity index (χ3v) is 5.05. The highest BCUT2D eigenvalue weighted by molar-refractivity contribution is 7.89. The number of benzene rings is 1. The minimum absolute atomic E-state index is 0.365. The summed E-state index contributed by atoms with van der Waals surface area (Å²) in [7, 11) is -3.38. The molecule has 1 aromatic rings. The predicted octanol–water partition coefficient (Wildman–Crippen LogP) is 1.66. The monoisotopic (exact) mass is 270 g/mol. The number of rotatable bonds is 6. The maximum atomic E-state index is 12.4. The van der Waals surface area contributed by atoms with Crippen molar-refractivity contribution in [2.45, 2.75) is 32.1 Å². The first-order chi connectivity index (χ1) is 8.43. The Morgan fingerprint density at radius 1 is 1.22 bits per heavy atom. The average Bonchev–Trinajstić information content (AvgIpc) is 2.33. The van der Waals surface area contributed by atoms with Crippen LogP contribution in [0.25, 0.3) is 0 Å². The lowest BCUT2D eigenvalue weighted by molar-refractivity contribution is 0.423. The van der Waals surface area contributed by atoms with Crippen LogP contribution in [0.15, 0.2) is 23.1 Å². The van der Waals surface area contributed by atoms with Crippen molar-refractivity contribution in [1.29, 1.82) is 0 Å². The van der Waals surface area contributed by atoms with Crippen molar-refractivity contribution in [3.05, 3.63) is 29.3 Å². The molecule has 5 heteroatoms. The number of hydrogen-bond acceptors (Lipinski definition) is 3. The minimum atomic E-state index is -3.38. The quantitative estimate of drug-likeness (QED) is 0.855. The van der Waals surface area contributed by atoms with Gasteiger partial charge in [0, 0.05) is 13.1 Å². The Balaban J connectivity index is 3.06. The van der Waals surface area contributed by atoms with E-state index in [2.05, 4.69) is 0 Å². The van der Waals surface area contributed by atoms with Crippen LogP contribution in [0.1, 0.15) is 24.5 Å². The molecule has 0 unspecified atom stereocenters. The molecule has 0 aliphatic rings. The van der Waals surface area contributed by atoms with Crippen molar-refractivity contribution >= 4 is 10.0 Å². The summed E-state index contributed by atoms with van der Waals surface area (Å²) in [5.41, 5.74) is 7.52. The topological polar surface area (TPSA) is 63.4 Å². The van der Waals surface area contributed by atoms with Gasteiger partial charge in [0.15, 0.2) is 0 Å². The maximum Gasteiger partial charge on any atom is 0.243 e. The van der Waals surface area contributed by atoms with Gasteiger partial charge < -0.3 is 5.73 Å². The number of aryl methyl sites for hydroxylation is 2. The molecule has 0 aliphatic heterocycles. The van der Waals surface area contributed by atoms with Crippen LogP contribution in [0.2, 0.25) is 0 Å². The Kier molecular flexibility index (Phi) is 5.31. The van der Waals surface area contributed by atoms with E-state index in [-0.39, 0.29) is 0 Å².